The summed E-state index contributed by atoms with van der Waals surface area (Å²) >= 11 is 0. The van der Waals surface area contributed by atoms with E-state index in [0.29, 0.717) is 6.42 Å². The first-order chi connectivity index (χ1) is 8.58. The molecular weight excluding hydrogens is 265 g/mol. The van der Waals surface area contributed by atoms with Crippen molar-refractivity contribution in [3.8, 4) is 0 Å². The maximum absolute atomic E-state index is 11.7. The predicted molar refractivity (Wildman–Crippen MR) is 62.5 cm³/mol. The molecule has 0 saturated heterocycles. The van der Waals surface area contributed by atoms with Gasteiger partial charge in [-0.3, -0.25) is 4.79 Å². The summed E-state index contributed by atoms with van der Waals surface area (Å²) < 4.78 is 49.6. The number of carbonyl (C=O) groups excluding carboxylic acids is 1. The number of esters is 1. The van der Waals surface area contributed by atoms with E-state index in [1.165, 1.54) is 6.92 Å². The van der Waals surface area contributed by atoms with E-state index < -0.39 is 30.5 Å². The van der Waals surface area contributed by atoms with Crippen LogP contribution in [0.15, 0.2) is 0 Å². The van der Waals surface area contributed by atoms with Gasteiger partial charge in [0.1, 0.15) is 6.61 Å². The Morgan fingerprint density at radius 1 is 1.21 bits per heavy atom. The van der Waals surface area contributed by atoms with Gasteiger partial charge in [0.25, 0.3) is 0 Å². The fourth-order valence-corrected chi connectivity index (χ4v) is 0.950. The number of hydrogen-bond acceptors (Lipinski definition) is 4. The highest BCUT2D eigenvalue weighted by atomic mass is 19.4. The standard InChI is InChI=1S/C12H21F3O4/c1-5-11(3,4)10(16)19-9(2)18-7-6-17-8-12(13,14)15/h9H,5-8H2,1-4H3. The Morgan fingerprint density at radius 3 is 2.26 bits per heavy atom. The second kappa shape index (κ2) is 7.69. The van der Waals surface area contributed by atoms with Gasteiger partial charge >= 0.3 is 12.1 Å². The Balaban J connectivity index is 3.77. The zero-order valence-electron chi connectivity index (χ0n) is 11.7. The van der Waals surface area contributed by atoms with E-state index in [4.69, 9.17) is 9.47 Å². The average Bonchev–Trinajstić information content (AvgIpc) is 2.26. The van der Waals surface area contributed by atoms with E-state index in [2.05, 4.69) is 4.74 Å². The summed E-state index contributed by atoms with van der Waals surface area (Å²) in [5.74, 6) is -0.404. The normalized spacial score (nSPS) is 14.3. The fraction of sp³-hybridized carbons (Fsp3) is 0.917. The largest absolute Gasteiger partial charge is 0.436 e. The van der Waals surface area contributed by atoms with Crippen molar-refractivity contribution < 1.29 is 32.2 Å². The number of ether oxygens (including phenoxy) is 3. The molecular formula is C12H21F3O4. The molecule has 1 unspecified atom stereocenters. The van der Waals surface area contributed by atoms with Crippen molar-refractivity contribution in [2.75, 3.05) is 19.8 Å². The van der Waals surface area contributed by atoms with E-state index in [-0.39, 0.29) is 13.2 Å². The monoisotopic (exact) mass is 286 g/mol. The molecule has 0 bridgehead atoms. The van der Waals surface area contributed by atoms with Crippen LogP contribution >= 0.6 is 0 Å². The molecule has 0 rings (SSSR count). The van der Waals surface area contributed by atoms with Crippen LogP contribution in [0.25, 0.3) is 0 Å². The minimum absolute atomic E-state index is 0.0723. The first-order valence-electron chi connectivity index (χ1n) is 6.05. The van der Waals surface area contributed by atoms with Crippen LogP contribution in [0, 0.1) is 5.41 Å². The molecule has 0 amide bonds. The Kier molecular flexibility index (Phi) is 7.36. The average molecular weight is 286 g/mol. The van der Waals surface area contributed by atoms with E-state index in [0.717, 1.165) is 0 Å². The number of carbonyl (C=O) groups is 1. The van der Waals surface area contributed by atoms with Crippen LogP contribution in [0.3, 0.4) is 0 Å². The molecule has 0 aliphatic rings. The van der Waals surface area contributed by atoms with Crippen LogP contribution in [0.2, 0.25) is 0 Å². The van der Waals surface area contributed by atoms with Crippen molar-refractivity contribution in [2.45, 2.75) is 46.6 Å². The predicted octanol–water partition coefficient (Wildman–Crippen LogP) is 2.91. The molecule has 114 valence electrons. The molecule has 7 heteroatoms. The van der Waals surface area contributed by atoms with Crippen LogP contribution < -0.4 is 0 Å². The van der Waals surface area contributed by atoms with Gasteiger partial charge < -0.3 is 14.2 Å². The van der Waals surface area contributed by atoms with Crippen molar-refractivity contribution in [1.29, 1.82) is 0 Å². The van der Waals surface area contributed by atoms with Gasteiger partial charge in [0.15, 0.2) is 6.29 Å². The summed E-state index contributed by atoms with van der Waals surface area (Å²) in [6.07, 6.45) is -4.54. The molecule has 0 saturated carbocycles. The molecule has 0 radical (unpaired) electrons. The highest BCUT2D eigenvalue weighted by Gasteiger charge is 2.29. The summed E-state index contributed by atoms with van der Waals surface area (Å²) in [6, 6.07) is 0. The van der Waals surface area contributed by atoms with E-state index in [9.17, 15) is 18.0 Å². The van der Waals surface area contributed by atoms with Gasteiger partial charge in [-0.1, -0.05) is 6.92 Å². The van der Waals surface area contributed by atoms with Gasteiger partial charge in [0.2, 0.25) is 0 Å². The first-order valence-corrected chi connectivity index (χ1v) is 6.05. The molecule has 0 fully saturated rings. The van der Waals surface area contributed by atoms with Gasteiger partial charge in [0, 0.05) is 0 Å². The lowest BCUT2D eigenvalue weighted by atomic mass is 9.91. The lowest BCUT2D eigenvalue weighted by molar-refractivity contribution is -0.194. The number of hydrogen-bond donors (Lipinski definition) is 0. The fourth-order valence-electron chi connectivity index (χ4n) is 0.950. The maximum Gasteiger partial charge on any atom is 0.411 e. The zero-order chi connectivity index (χ0) is 15.1. The summed E-state index contributed by atoms with van der Waals surface area (Å²) in [7, 11) is 0. The lowest BCUT2D eigenvalue weighted by Gasteiger charge is -2.23. The Bertz CT molecular complexity index is 277. The second-order valence-electron chi connectivity index (χ2n) is 4.75. The van der Waals surface area contributed by atoms with E-state index >= 15 is 0 Å². The van der Waals surface area contributed by atoms with Gasteiger partial charge in [-0.25, -0.2) is 0 Å². The number of alkyl halides is 3. The van der Waals surface area contributed by atoms with Gasteiger partial charge in [-0.2, -0.15) is 13.2 Å². The van der Waals surface area contributed by atoms with Crippen molar-refractivity contribution >= 4 is 5.97 Å². The van der Waals surface area contributed by atoms with Gasteiger partial charge in [0.05, 0.1) is 18.6 Å². The molecule has 0 aliphatic heterocycles. The minimum Gasteiger partial charge on any atom is -0.436 e. The van der Waals surface area contributed by atoms with Crippen molar-refractivity contribution in [2.24, 2.45) is 5.41 Å². The summed E-state index contributed by atoms with van der Waals surface area (Å²) in [5, 5.41) is 0. The number of rotatable bonds is 8. The molecule has 1 atom stereocenters. The molecule has 0 N–H and O–H groups in total. The third-order valence-corrected chi connectivity index (χ3v) is 2.56. The lowest BCUT2D eigenvalue weighted by Crippen LogP contribution is -2.30. The summed E-state index contributed by atoms with van der Waals surface area (Å²) in [5.41, 5.74) is -0.607. The number of halogens is 3. The molecule has 0 spiro atoms. The van der Waals surface area contributed by atoms with Gasteiger partial charge in [-0.15, -0.1) is 0 Å². The van der Waals surface area contributed by atoms with Crippen LogP contribution in [-0.2, 0) is 19.0 Å². The Labute approximate surface area is 111 Å². The Hall–Kier alpha value is -0.820. The molecule has 0 aliphatic carbocycles. The molecule has 0 aromatic carbocycles. The summed E-state index contributed by atoms with van der Waals surface area (Å²) in [6.45, 7) is 5.26. The maximum atomic E-state index is 11.7. The SMILES string of the molecule is CCC(C)(C)C(=O)OC(C)OCCOCC(F)(F)F. The molecule has 4 nitrogen and oxygen atoms in total. The zero-order valence-corrected chi connectivity index (χ0v) is 11.7. The van der Waals surface area contributed by atoms with E-state index in [1.807, 2.05) is 6.92 Å². The molecule has 0 aromatic rings. The topological polar surface area (TPSA) is 44.8 Å². The van der Waals surface area contributed by atoms with Crippen LogP contribution in [0.5, 0.6) is 0 Å². The third kappa shape index (κ3) is 8.83. The first kappa shape index (κ1) is 18.2. The minimum atomic E-state index is -4.34. The van der Waals surface area contributed by atoms with Crippen molar-refractivity contribution in [3.63, 3.8) is 0 Å². The highest BCUT2D eigenvalue weighted by Crippen LogP contribution is 2.22. The van der Waals surface area contributed by atoms with Crippen LogP contribution in [0.1, 0.15) is 34.1 Å². The molecule has 19 heavy (non-hydrogen) atoms. The third-order valence-electron chi connectivity index (χ3n) is 2.56. The molecule has 0 heterocycles. The molecule has 0 aromatic heterocycles. The van der Waals surface area contributed by atoms with Crippen molar-refractivity contribution in [3.05, 3.63) is 0 Å². The smallest absolute Gasteiger partial charge is 0.411 e. The Morgan fingerprint density at radius 2 is 1.79 bits per heavy atom. The van der Waals surface area contributed by atoms with Crippen LogP contribution in [-0.4, -0.2) is 38.3 Å². The van der Waals surface area contributed by atoms with Crippen LogP contribution in [0.4, 0.5) is 13.2 Å². The van der Waals surface area contributed by atoms with Crippen molar-refractivity contribution in [1.82, 2.24) is 0 Å². The second-order valence-corrected chi connectivity index (χ2v) is 4.75. The highest BCUT2D eigenvalue weighted by molar-refractivity contribution is 5.75. The quantitative estimate of drug-likeness (QED) is 0.391. The van der Waals surface area contributed by atoms with E-state index in [1.54, 1.807) is 13.8 Å². The summed E-state index contributed by atoms with van der Waals surface area (Å²) in [4.78, 5) is 11.6. The van der Waals surface area contributed by atoms with Gasteiger partial charge in [-0.05, 0) is 27.2 Å².